The lowest BCUT2D eigenvalue weighted by Crippen LogP contribution is -2.26. The van der Waals surface area contributed by atoms with Crippen LogP contribution in [0.2, 0.25) is 0 Å². The van der Waals surface area contributed by atoms with E-state index in [2.05, 4.69) is 32.9 Å². The van der Waals surface area contributed by atoms with Gasteiger partial charge in [0.2, 0.25) is 5.91 Å². The number of carbonyl (C=O) groups is 1. The van der Waals surface area contributed by atoms with Crippen LogP contribution in [0.5, 0.6) is 0 Å². The molecule has 0 saturated carbocycles. The van der Waals surface area contributed by atoms with E-state index >= 15 is 0 Å². The maximum absolute atomic E-state index is 12.1. The number of aromatic nitrogens is 2. The summed E-state index contributed by atoms with van der Waals surface area (Å²) in [5, 5.41) is 15.6. The highest BCUT2D eigenvalue weighted by Crippen LogP contribution is 2.25. The number of amides is 1. The predicted molar refractivity (Wildman–Crippen MR) is 106 cm³/mol. The van der Waals surface area contributed by atoms with Crippen molar-refractivity contribution in [1.82, 2.24) is 9.55 Å². The Balaban J connectivity index is 1.71. The Labute approximate surface area is 164 Å². The van der Waals surface area contributed by atoms with E-state index in [0.717, 1.165) is 37.7 Å². The van der Waals surface area contributed by atoms with Crippen LogP contribution in [0, 0.1) is 13.7 Å². The average molecular weight is 482 g/mol. The van der Waals surface area contributed by atoms with Crippen LogP contribution in [0.15, 0.2) is 52.8 Å². The van der Waals surface area contributed by atoms with E-state index in [0.29, 0.717) is 5.13 Å². The second-order valence-corrected chi connectivity index (χ2v) is 7.31. The van der Waals surface area contributed by atoms with Gasteiger partial charge < -0.3 is 5.32 Å². The van der Waals surface area contributed by atoms with E-state index < -0.39 is 16.4 Å². The molecular formula is C16H11IN4O4S. The fourth-order valence-electron chi connectivity index (χ4n) is 2.15. The van der Waals surface area contributed by atoms with Crippen LogP contribution >= 0.6 is 33.9 Å². The lowest BCUT2D eigenvalue weighted by molar-refractivity contribution is -0.385. The Morgan fingerprint density at radius 2 is 2.00 bits per heavy atom. The molecular weight excluding hydrogens is 471 g/mol. The fraction of sp³-hybridized carbons (Fsp3) is 0.0625. The molecule has 2 heterocycles. The van der Waals surface area contributed by atoms with Crippen molar-refractivity contribution in [1.29, 1.82) is 0 Å². The fourth-order valence-corrected chi connectivity index (χ4v) is 3.24. The largest absolute Gasteiger partial charge is 0.300 e. The van der Waals surface area contributed by atoms with E-state index in [1.807, 2.05) is 29.6 Å². The van der Waals surface area contributed by atoms with Crippen molar-refractivity contribution in [2.75, 3.05) is 5.32 Å². The van der Waals surface area contributed by atoms with E-state index in [1.54, 1.807) is 0 Å². The normalized spacial score (nSPS) is 10.5. The summed E-state index contributed by atoms with van der Waals surface area (Å²) in [4.78, 5) is 38.4. The van der Waals surface area contributed by atoms with Crippen LogP contribution in [0.3, 0.4) is 0 Å². The molecule has 3 aromatic rings. The number of anilines is 1. The summed E-state index contributed by atoms with van der Waals surface area (Å²) in [5.74, 6) is -0.490. The van der Waals surface area contributed by atoms with Crippen molar-refractivity contribution in [2.45, 2.75) is 6.54 Å². The number of thiazole rings is 1. The molecule has 0 aliphatic carbocycles. The maximum Gasteiger partial charge on any atom is 0.285 e. The third kappa shape index (κ3) is 4.32. The molecule has 0 unspecified atom stereocenters. The molecule has 0 atom stereocenters. The zero-order valence-electron chi connectivity index (χ0n) is 13.1. The van der Waals surface area contributed by atoms with Crippen molar-refractivity contribution in [3.05, 3.63) is 72.0 Å². The van der Waals surface area contributed by atoms with Crippen LogP contribution in [0.4, 0.5) is 10.8 Å². The Morgan fingerprint density at radius 3 is 2.69 bits per heavy atom. The van der Waals surface area contributed by atoms with Gasteiger partial charge in [-0.3, -0.25) is 24.3 Å². The van der Waals surface area contributed by atoms with Crippen molar-refractivity contribution in [3.8, 4) is 11.3 Å². The summed E-state index contributed by atoms with van der Waals surface area (Å²) in [6.45, 7) is -0.334. The molecule has 26 heavy (non-hydrogen) atoms. The SMILES string of the molecule is O=C(Cn1cc([N+](=O)[O-])ccc1=O)Nc1nc(-c2ccc(I)cc2)cs1. The molecule has 0 spiro atoms. The van der Waals surface area contributed by atoms with E-state index in [-0.39, 0.29) is 12.2 Å². The molecule has 1 N–H and O–H groups in total. The number of nitrogens with zero attached hydrogens (tertiary/aromatic N) is 3. The summed E-state index contributed by atoms with van der Waals surface area (Å²) in [5.41, 5.74) is 0.906. The number of nitrogens with one attached hydrogen (secondary N) is 1. The van der Waals surface area contributed by atoms with E-state index in [1.165, 1.54) is 11.3 Å². The highest BCUT2D eigenvalue weighted by molar-refractivity contribution is 14.1. The van der Waals surface area contributed by atoms with Gasteiger partial charge in [0.05, 0.1) is 16.8 Å². The number of hydrogen-bond donors (Lipinski definition) is 1. The molecule has 3 rings (SSSR count). The van der Waals surface area contributed by atoms with Crippen LogP contribution in [-0.2, 0) is 11.3 Å². The Bertz CT molecular complexity index is 1030. The summed E-state index contributed by atoms with van der Waals surface area (Å²) >= 11 is 3.47. The van der Waals surface area contributed by atoms with Gasteiger partial charge in [-0.1, -0.05) is 12.1 Å². The molecule has 132 valence electrons. The number of halogens is 1. The molecule has 0 aliphatic rings. The van der Waals surface area contributed by atoms with Gasteiger partial charge in [0.1, 0.15) is 6.54 Å². The Morgan fingerprint density at radius 1 is 1.27 bits per heavy atom. The lowest BCUT2D eigenvalue weighted by Gasteiger charge is -2.05. The first kappa shape index (κ1) is 18.2. The molecule has 0 saturated heterocycles. The van der Waals surface area contributed by atoms with Gasteiger partial charge in [0.15, 0.2) is 5.13 Å². The van der Waals surface area contributed by atoms with Crippen molar-refractivity contribution < 1.29 is 9.72 Å². The zero-order chi connectivity index (χ0) is 18.7. The van der Waals surface area contributed by atoms with Crippen LogP contribution < -0.4 is 10.9 Å². The standard InChI is InChI=1S/C16H11IN4O4S/c17-11-3-1-10(2-4-11)13-9-26-16(18-13)19-14(22)8-20-7-12(21(24)25)5-6-15(20)23/h1-7,9H,8H2,(H,18,19,22). The summed E-state index contributed by atoms with van der Waals surface area (Å²) in [6.07, 6.45) is 1.04. The Hall–Kier alpha value is -2.60. The number of benzene rings is 1. The van der Waals surface area contributed by atoms with Gasteiger partial charge >= 0.3 is 0 Å². The smallest absolute Gasteiger partial charge is 0.285 e. The molecule has 0 fully saturated rings. The number of pyridine rings is 1. The molecule has 8 nitrogen and oxygen atoms in total. The number of hydrogen-bond acceptors (Lipinski definition) is 6. The molecule has 10 heteroatoms. The van der Waals surface area contributed by atoms with Crippen molar-refractivity contribution >= 4 is 50.7 Å². The number of rotatable bonds is 5. The molecule has 0 aliphatic heterocycles. The van der Waals surface area contributed by atoms with Gasteiger partial charge in [-0.15, -0.1) is 11.3 Å². The summed E-state index contributed by atoms with van der Waals surface area (Å²) in [6, 6.07) is 9.95. The summed E-state index contributed by atoms with van der Waals surface area (Å²) < 4.78 is 2.10. The zero-order valence-corrected chi connectivity index (χ0v) is 16.1. The van der Waals surface area contributed by atoms with E-state index in [4.69, 9.17) is 0 Å². The van der Waals surface area contributed by atoms with Gasteiger partial charge in [0, 0.05) is 26.6 Å². The number of nitro groups is 1. The topological polar surface area (TPSA) is 107 Å². The third-order valence-electron chi connectivity index (χ3n) is 3.38. The van der Waals surface area contributed by atoms with Gasteiger partial charge in [-0.25, -0.2) is 4.98 Å². The quantitative estimate of drug-likeness (QED) is 0.342. The van der Waals surface area contributed by atoms with Gasteiger partial charge in [-0.2, -0.15) is 0 Å². The van der Waals surface area contributed by atoms with E-state index in [9.17, 15) is 19.7 Å². The monoisotopic (exact) mass is 482 g/mol. The Kier molecular flexibility index (Phi) is 5.42. The number of carbonyl (C=O) groups excluding carboxylic acids is 1. The molecule has 0 radical (unpaired) electrons. The molecule has 0 bridgehead atoms. The van der Waals surface area contributed by atoms with Crippen molar-refractivity contribution in [2.24, 2.45) is 0 Å². The molecule has 2 aromatic heterocycles. The first-order chi connectivity index (χ1) is 12.4. The maximum atomic E-state index is 12.1. The predicted octanol–water partition coefficient (Wildman–Crippen LogP) is 3.12. The highest BCUT2D eigenvalue weighted by Gasteiger charge is 2.12. The lowest BCUT2D eigenvalue weighted by atomic mass is 10.2. The minimum absolute atomic E-state index is 0.257. The second-order valence-electron chi connectivity index (χ2n) is 5.20. The second kappa shape index (κ2) is 7.74. The van der Waals surface area contributed by atoms with Gasteiger partial charge in [-0.05, 0) is 34.7 Å². The van der Waals surface area contributed by atoms with Crippen LogP contribution in [0.1, 0.15) is 0 Å². The average Bonchev–Trinajstić information content (AvgIpc) is 3.05. The van der Waals surface area contributed by atoms with Crippen molar-refractivity contribution in [3.63, 3.8) is 0 Å². The summed E-state index contributed by atoms with van der Waals surface area (Å²) in [7, 11) is 0. The highest BCUT2D eigenvalue weighted by atomic mass is 127. The first-order valence-corrected chi connectivity index (χ1v) is 9.24. The van der Waals surface area contributed by atoms with Crippen LogP contribution in [0.25, 0.3) is 11.3 Å². The third-order valence-corrected chi connectivity index (χ3v) is 4.86. The first-order valence-electron chi connectivity index (χ1n) is 7.28. The van der Waals surface area contributed by atoms with Gasteiger partial charge in [0.25, 0.3) is 11.2 Å². The minimum Gasteiger partial charge on any atom is -0.300 e. The minimum atomic E-state index is -0.623. The molecule has 1 amide bonds. The van der Waals surface area contributed by atoms with Crippen LogP contribution in [-0.4, -0.2) is 20.4 Å². The molecule has 1 aromatic carbocycles.